The number of thiophene rings is 1. The minimum atomic E-state index is -0.906. The van der Waals surface area contributed by atoms with E-state index in [0.717, 1.165) is 36.6 Å². The summed E-state index contributed by atoms with van der Waals surface area (Å²) in [6, 6.07) is 8.37. The highest BCUT2D eigenvalue weighted by Crippen LogP contribution is 2.37. The third kappa shape index (κ3) is 3.87. The number of benzene rings is 1. The lowest BCUT2D eigenvalue weighted by Gasteiger charge is -2.18. The molecule has 1 aliphatic carbocycles. The van der Waals surface area contributed by atoms with E-state index in [9.17, 15) is 14.4 Å². The van der Waals surface area contributed by atoms with E-state index in [2.05, 4.69) is 12.2 Å². The van der Waals surface area contributed by atoms with E-state index >= 15 is 0 Å². The van der Waals surface area contributed by atoms with Crippen LogP contribution in [0.2, 0.25) is 0 Å². The zero-order valence-electron chi connectivity index (χ0n) is 16.7. The zero-order chi connectivity index (χ0) is 21.4. The number of carbonyl (C=O) groups is 2. The molecule has 1 aliphatic rings. The van der Waals surface area contributed by atoms with E-state index in [-0.39, 0.29) is 5.56 Å². The number of imide groups is 1. The summed E-state index contributed by atoms with van der Waals surface area (Å²) in [6.45, 7) is 3.87. The van der Waals surface area contributed by atoms with E-state index in [1.807, 2.05) is 30.3 Å². The van der Waals surface area contributed by atoms with Crippen molar-refractivity contribution in [2.75, 3.05) is 0 Å². The van der Waals surface area contributed by atoms with Gasteiger partial charge in [-0.2, -0.15) is 0 Å². The lowest BCUT2D eigenvalue weighted by Crippen LogP contribution is -2.39. The standard InChI is InChI=1S/C21H22N4O3S2/c1-11-8-9-14-15(10-11)30-18-16(14)19(27)25(13-6-4-3-5-7-13)21(24-18)29-12(2)17(26)23-20(22)28/h3-7,11-12H,8-10H2,1-2H3,(H3,22,23,26,28)/t11-,12-/m0/s1. The van der Waals surface area contributed by atoms with E-state index in [4.69, 9.17) is 10.7 Å². The number of aryl methyl sites for hydroxylation is 1. The molecule has 3 aromatic rings. The number of fused-ring (bicyclic) bond motifs is 3. The Balaban J connectivity index is 1.87. The van der Waals surface area contributed by atoms with Gasteiger partial charge in [-0.15, -0.1) is 11.3 Å². The highest BCUT2D eigenvalue weighted by molar-refractivity contribution is 8.00. The third-order valence-electron chi connectivity index (χ3n) is 5.21. The molecule has 0 saturated heterocycles. The van der Waals surface area contributed by atoms with Gasteiger partial charge >= 0.3 is 6.03 Å². The summed E-state index contributed by atoms with van der Waals surface area (Å²) in [4.78, 5) is 43.6. The summed E-state index contributed by atoms with van der Waals surface area (Å²) in [5, 5.41) is 2.52. The predicted octanol–water partition coefficient (Wildman–Crippen LogP) is 3.25. The van der Waals surface area contributed by atoms with Gasteiger partial charge in [-0.05, 0) is 49.8 Å². The van der Waals surface area contributed by atoms with Gasteiger partial charge in [0.1, 0.15) is 4.83 Å². The van der Waals surface area contributed by atoms with Gasteiger partial charge in [0.2, 0.25) is 5.91 Å². The first-order valence-electron chi connectivity index (χ1n) is 9.74. The van der Waals surface area contributed by atoms with Gasteiger partial charge in [0, 0.05) is 4.88 Å². The third-order valence-corrected chi connectivity index (χ3v) is 7.41. The average Bonchev–Trinajstić information content (AvgIpc) is 3.05. The molecule has 9 heteroatoms. The van der Waals surface area contributed by atoms with Gasteiger partial charge in [-0.25, -0.2) is 9.78 Å². The van der Waals surface area contributed by atoms with Crippen LogP contribution in [0.4, 0.5) is 4.79 Å². The lowest BCUT2D eigenvalue weighted by molar-refractivity contribution is -0.119. The number of hydrogen-bond acceptors (Lipinski definition) is 6. The quantitative estimate of drug-likeness (QED) is 0.476. The van der Waals surface area contributed by atoms with Crippen LogP contribution in [-0.2, 0) is 17.6 Å². The Bertz CT molecular complexity index is 1190. The molecule has 0 radical (unpaired) electrons. The molecule has 0 unspecified atom stereocenters. The second-order valence-corrected chi connectivity index (χ2v) is 9.91. The van der Waals surface area contributed by atoms with Gasteiger partial charge < -0.3 is 5.73 Å². The Labute approximate surface area is 181 Å². The second kappa shape index (κ2) is 8.23. The van der Waals surface area contributed by atoms with Crippen LogP contribution in [0.1, 0.15) is 30.7 Å². The molecule has 0 aliphatic heterocycles. The molecule has 2 aromatic heterocycles. The molecule has 0 fully saturated rings. The molecule has 2 atom stereocenters. The molecule has 7 nitrogen and oxygen atoms in total. The Hall–Kier alpha value is -2.65. The van der Waals surface area contributed by atoms with E-state index in [1.54, 1.807) is 22.8 Å². The minimum absolute atomic E-state index is 0.122. The molecule has 2 heterocycles. The van der Waals surface area contributed by atoms with Crippen LogP contribution >= 0.6 is 23.1 Å². The number of aromatic nitrogens is 2. The molecule has 0 bridgehead atoms. The zero-order valence-corrected chi connectivity index (χ0v) is 18.3. The van der Waals surface area contributed by atoms with Crippen LogP contribution in [0.3, 0.4) is 0 Å². The topological polar surface area (TPSA) is 107 Å². The number of amides is 3. The first-order valence-corrected chi connectivity index (χ1v) is 11.4. The van der Waals surface area contributed by atoms with Gasteiger partial charge in [-0.1, -0.05) is 36.9 Å². The smallest absolute Gasteiger partial charge is 0.318 e. The van der Waals surface area contributed by atoms with E-state index in [0.29, 0.717) is 27.0 Å². The van der Waals surface area contributed by atoms with Crippen LogP contribution in [0.15, 0.2) is 40.3 Å². The van der Waals surface area contributed by atoms with Crippen molar-refractivity contribution < 1.29 is 9.59 Å². The fourth-order valence-corrected chi connectivity index (χ4v) is 6.04. The largest absolute Gasteiger partial charge is 0.351 e. The summed E-state index contributed by atoms with van der Waals surface area (Å²) in [5.41, 5.74) is 6.74. The van der Waals surface area contributed by atoms with Crippen molar-refractivity contribution in [3.8, 4) is 5.69 Å². The average molecular weight is 443 g/mol. The highest BCUT2D eigenvalue weighted by Gasteiger charge is 2.26. The number of rotatable bonds is 4. The van der Waals surface area contributed by atoms with Crippen LogP contribution < -0.4 is 16.6 Å². The Morgan fingerprint density at radius 3 is 2.77 bits per heavy atom. The second-order valence-electron chi connectivity index (χ2n) is 7.52. The minimum Gasteiger partial charge on any atom is -0.351 e. The monoisotopic (exact) mass is 442 g/mol. The van der Waals surface area contributed by atoms with E-state index < -0.39 is 17.2 Å². The molecule has 3 amide bonds. The lowest BCUT2D eigenvalue weighted by atomic mass is 9.89. The molecule has 0 saturated carbocycles. The van der Waals surface area contributed by atoms with Crippen molar-refractivity contribution in [2.24, 2.45) is 11.7 Å². The number of thioether (sulfide) groups is 1. The normalized spacial score (nSPS) is 16.8. The molecule has 4 rings (SSSR count). The number of nitrogens with one attached hydrogen (secondary N) is 1. The van der Waals surface area contributed by atoms with E-state index in [1.165, 1.54) is 4.88 Å². The number of nitrogens with two attached hydrogens (primary N) is 1. The highest BCUT2D eigenvalue weighted by atomic mass is 32.2. The van der Waals surface area contributed by atoms with Gasteiger partial charge in [0.15, 0.2) is 5.16 Å². The van der Waals surface area contributed by atoms with Crippen LogP contribution in [-0.4, -0.2) is 26.7 Å². The predicted molar refractivity (Wildman–Crippen MR) is 119 cm³/mol. The molecular formula is C21H22N4O3S2. The van der Waals surface area contributed by atoms with Crippen molar-refractivity contribution in [2.45, 2.75) is 43.5 Å². The maximum Gasteiger partial charge on any atom is 0.318 e. The molecule has 156 valence electrons. The molecule has 3 N–H and O–H groups in total. The Morgan fingerprint density at radius 2 is 2.07 bits per heavy atom. The first kappa shape index (κ1) is 20.6. The summed E-state index contributed by atoms with van der Waals surface area (Å²) in [7, 11) is 0. The number of nitrogens with zero attached hydrogens (tertiary/aromatic N) is 2. The van der Waals surface area contributed by atoms with Crippen molar-refractivity contribution in [1.29, 1.82) is 0 Å². The van der Waals surface area contributed by atoms with Crippen LogP contribution in [0, 0.1) is 5.92 Å². The maximum absolute atomic E-state index is 13.6. The van der Waals surface area contributed by atoms with Crippen LogP contribution in [0.25, 0.3) is 15.9 Å². The summed E-state index contributed by atoms with van der Waals surface area (Å²) < 4.78 is 1.56. The van der Waals surface area contributed by atoms with Crippen LogP contribution in [0.5, 0.6) is 0 Å². The molecule has 0 spiro atoms. The van der Waals surface area contributed by atoms with Crippen molar-refractivity contribution in [3.05, 3.63) is 51.1 Å². The summed E-state index contributed by atoms with van der Waals surface area (Å²) in [5.74, 6) is 0.0639. The first-order chi connectivity index (χ1) is 14.3. The van der Waals surface area contributed by atoms with Crippen molar-refractivity contribution in [3.63, 3.8) is 0 Å². The Kier molecular flexibility index (Phi) is 5.66. The summed E-state index contributed by atoms with van der Waals surface area (Å²) >= 11 is 2.70. The maximum atomic E-state index is 13.6. The number of primary amides is 1. The summed E-state index contributed by atoms with van der Waals surface area (Å²) in [6.07, 6.45) is 2.90. The number of urea groups is 1. The number of para-hydroxylation sites is 1. The van der Waals surface area contributed by atoms with Gasteiger partial charge in [0.05, 0.1) is 16.3 Å². The van der Waals surface area contributed by atoms with Gasteiger partial charge in [0.25, 0.3) is 5.56 Å². The van der Waals surface area contributed by atoms with Crippen molar-refractivity contribution in [1.82, 2.24) is 14.9 Å². The fourth-order valence-electron chi connectivity index (χ4n) is 3.69. The number of carbonyl (C=O) groups excluding carboxylic acids is 2. The fraction of sp³-hybridized carbons (Fsp3) is 0.333. The van der Waals surface area contributed by atoms with Gasteiger partial charge in [-0.3, -0.25) is 19.5 Å². The molecular weight excluding hydrogens is 420 g/mol. The SMILES string of the molecule is C[C@H]1CCc2c(sc3nc(S[C@@H](C)C(=O)NC(N)=O)n(-c4ccccc4)c(=O)c23)C1. The number of hydrogen-bond donors (Lipinski definition) is 2. The molecule has 1 aromatic carbocycles. The molecule has 30 heavy (non-hydrogen) atoms. The van der Waals surface area contributed by atoms with Crippen molar-refractivity contribution >= 4 is 45.3 Å². The Morgan fingerprint density at radius 1 is 1.33 bits per heavy atom.